The highest BCUT2D eigenvalue weighted by atomic mass is 16.5. The van der Waals surface area contributed by atoms with E-state index >= 15 is 0 Å². The molecule has 1 aliphatic rings. The Balaban J connectivity index is 1.99. The highest BCUT2D eigenvalue weighted by molar-refractivity contribution is 5.13. The van der Waals surface area contributed by atoms with Crippen molar-refractivity contribution in [2.24, 2.45) is 11.8 Å². The number of rotatable bonds is 3. The van der Waals surface area contributed by atoms with Gasteiger partial charge in [-0.25, -0.2) is 0 Å². The van der Waals surface area contributed by atoms with Crippen LogP contribution in [-0.2, 0) is 11.3 Å². The number of benzene rings is 1. The molecule has 0 saturated heterocycles. The molecular weight excluding hydrogens is 224 g/mol. The highest BCUT2D eigenvalue weighted by Gasteiger charge is 2.29. The minimum absolute atomic E-state index is 0.0824. The highest BCUT2D eigenvalue weighted by Crippen LogP contribution is 2.27. The zero-order valence-electron chi connectivity index (χ0n) is 11.1. The van der Waals surface area contributed by atoms with E-state index in [1.807, 2.05) is 18.2 Å². The molecule has 2 heteroatoms. The fourth-order valence-electron chi connectivity index (χ4n) is 2.52. The average Bonchev–Trinajstić information content (AvgIpc) is 2.50. The predicted octanol–water partition coefficient (Wildman–Crippen LogP) is 3.16. The van der Waals surface area contributed by atoms with Crippen molar-refractivity contribution in [2.45, 2.75) is 39.1 Å². The van der Waals surface area contributed by atoms with Crippen LogP contribution >= 0.6 is 0 Å². The van der Waals surface area contributed by atoms with Gasteiger partial charge in [0.25, 0.3) is 0 Å². The molecule has 2 rings (SSSR count). The molecule has 0 saturated carbocycles. The quantitative estimate of drug-likeness (QED) is 0.830. The lowest BCUT2D eigenvalue weighted by Gasteiger charge is -2.29. The van der Waals surface area contributed by atoms with E-state index in [2.05, 4.69) is 38.1 Å². The molecule has 1 N–H and O–H groups in total. The van der Waals surface area contributed by atoms with Crippen LogP contribution in [0.25, 0.3) is 0 Å². The van der Waals surface area contributed by atoms with Crippen molar-refractivity contribution in [3.63, 3.8) is 0 Å². The van der Waals surface area contributed by atoms with E-state index < -0.39 is 0 Å². The Morgan fingerprint density at radius 2 is 1.94 bits per heavy atom. The van der Waals surface area contributed by atoms with Crippen molar-refractivity contribution in [3.8, 4) is 0 Å². The van der Waals surface area contributed by atoms with Gasteiger partial charge in [0.1, 0.15) is 0 Å². The lowest BCUT2D eigenvalue weighted by molar-refractivity contribution is -0.0516. The third-order valence-corrected chi connectivity index (χ3v) is 3.75. The van der Waals surface area contributed by atoms with Crippen LogP contribution in [0.5, 0.6) is 0 Å². The van der Waals surface area contributed by atoms with E-state index in [4.69, 9.17) is 4.74 Å². The lowest BCUT2D eigenvalue weighted by Crippen LogP contribution is -2.34. The van der Waals surface area contributed by atoms with Gasteiger partial charge in [-0.05, 0) is 12.0 Å². The topological polar surface area (TPSA) is 29.5 Å². The maximum atomic E-state index is 10.0. The van der Waals surface area contributed by atoms with E-state index in [9.17, 15) is 5.11 Å². The summed E-state index contributed by atoms with van der Waals surface area (Å²) >= 11 is 0. The first-order valence-corrected chi connectivity index (χ1v) is 6.68. The summed E-state index contributed by atoms with van der Waals surface area (Å²) in [4.78, 5) is 0. The van der Waals surface area contributed by atoms with Gasteiger partial charge in [-0.15, -0.1) is 0 Å². The summed E-state index contributed by atoms with van der Waals surface area (Å²) in [6.07, 6.45) is 4.74. The van der Waals surface area contributed by atoms with Gasteiger partial charge < -0.3 is 9.84 Å². The molecule has 0 spiro atoms. The fraction of sp³-hybridized carbons (Fsp3) is 0.500. The number of hydrogen-bond acceptors (Lipinski definition) is 2. The van der Waals surface area contributed by atoms with Crippen molar-refractivity contribution < 1.29 is 9.84 Å². The van der Waals surface area contributed by atoms with Crippen LogP contribution in [0.1, 0.15) is 25.8 Å². The van der Waals surface area contributed by atoms with Crippen LogP contribution in [-0.4, -0.2) is 17.3 Å². The summed E-state index contributed by atoms with van der Waals surface area (Å²) in [5.41, 5.74) is 1.18. The number of aliphatic hydroxyl groups is 1. The van der Waals surface area contributed by atoms with Gasteiger partial charge in [0, 0.05) is 11.8 Å². The summed E-state index contributed by atoms with van der Waals surface area (Å²) in [5, 5.41) is 10.0. The van der Waals surface area contributed by atoms with Crippen LogP contribution in [0.4, 0.5) is 0 Å². The molecule has 2 nitrogen and oxygen atoms in total. The molecule has 1 aromatic rings. The molecule has 4 atom stereocenters. The zero-order chi connectivity index (χ0) is 13.0. The standard InChI is InChI=1S/C16H22O2/c1-12-7-6-10-15(17)13(2)16(12)18-11-14-8-4-3-5-9-14/h3-9,12-13,15-17H,10-11H2,1-2H3/t12-,13+,15+,16-/m0/s1. The van der Waals surface area contributed by atoms with Gasteiger partial charge in [0.2, 0.25) is 0 Å². The van der Waals surface area contributed by atoms with Crippen LogP contribution in [0, 0.1) is 11.8 Å². The maximum Gasteiger partial charge on any atom is 0.0721 e. The molecular formula is C16H22O2. The average molecular weight is 246 g/mol. The first-order valence-electron chi connectivity index (χ1n) is 6.68. The Labute approximate surface area is 109 Å². The second kappa shape index (κ2) is 6.17. The predicted molar refractivity (Wildman–Crippen MR) is 73.1 cm³/mol. The molecule has 1 aromatic carbocycles. The number of aliphatic hydroxyl groups excluding tert-OH is 1. The molecule has 0 heterocycles. The molecule has 0 aliphatic heterocycles. The van der Waals surface area contributed by atoms with Crippen molar-refractivity contribution in [3.05, 3.63) is 48.0 Å². The van der Waals surface area contributed by atoms with Gasteiger partial charge in [0.15, 0.2) is 0 Å². The minimum atomic E-state index is -0.299. The molecule has 0 radical (unpaired) electrons. The summed E-state index contributed by atoms with van der Waals surface area (Å²) in [7, 11) is 0. The third kappa shape index (κ3) is 3.21. The second-order valence-corrected chi connectivity index (χ2v) is 5.21. The van der Waals surface area contributed by atoms with Crippen LogP contribution in [0.3, 0.4) is 0 Å². The minimum Gasteiger partial charge on any atom is -0.392 e. The molecule has 0 amide bonds. The van der Waals surface area contributed by atoms with Crippen LogP contribution < -0.4 is 0 Å². The van der Waals surface area contributed by atoms with Crippen molar-refractivity contribution >= 4 is 0 Å². The van der Waals surface area contributed by atoms with Crippen LogP contribution in [0.15, 0.2) is 42.5 Å². The Morgan fingerprint density at radius 1 is 1.22 bits per heavy atom. The first-order chi connectivity index (χ1) is 8.68. The van der Waals surface area contributed by atoms with Crippen LogP contribution in [0.2, 0.25) is 0 Å². The number of hydrogen-bond donors (Lipinski definition) is 1. The molecule has 0 aromatic heterocycles. The fourth-order valence-corrected chi connectivity index (χ4v) is 2.52. The maximum absolute atomic E-state index is 10.0. The molecule has 98 valence electrons. The van der Waals surface area contributed by atoms with Gasteiger partial charge in [-0.1, -0.05) is 56.3 Å². The first kappa shape index (κ1) is 13.3. The largest absolute Gasteiger partial charge is 0.392 e. The molecule has 0 unspecified atom stereocenters. The van der Waals surface area contributed by atoms with E-state index in [0.717, 1.165) is 6.42 Å². The smallest absolute Gasteiger partial charge is 0.0721 e. The second-order valence-electron chi connectivity index (χ2n) is 5.21. The van der Waals surface area contributed by atoms with Gasteiger partial charge >= 0.3 is 0 Å². The van der Waals surface area contributed by atoms with Crippen molar-refractivity contribution in [1.29, 1.82) is 0 Å². The van der Waals surface area contributed by atoms with E-state index in [1.165, 1.54) is 5.56 Å². The third-order valence-electron chi connectivity index (χ3n) is 3.75. The van der Waals surface area contributed by atoms with E-state index in [1.54, 1.807) is 0 Å². The summed E-state index contributed by atoms with van der Waals surface area (Å²) in [6.45, 7) is 4.84. The molecule has 0 bridgehead atoms. The summed E-state index contributed by atoms with van der Waals surface area (Å²) in [5.74, 6) is 0.513. The summed E-state index contributed by atoms with van der Waals surface area (Å²) in [6, 6.07) is 10.2. The van der Waals surface area contributed by atoms with Gasteiger partial charge in [0.05, 0.1) is 18.8 Å². The number of ether oxygens (including phenoxy) is 1. The monoisotopic (exact) mass is 246 g/mol. The van der Waals surface area contributed by atoms with Gasteiger partial charge in [-0.3, -0.25) is 0 Å². The van der Waals surface area contributed by atoms with Crippen molar-refractivity contribution in [2.75, 3.05) is 0 Å². The Morgan fingerprint density at radius 3 is 2.67 bits per heavy atom. The molecule has 18 heavy (non-hydrogen) atoms. The summed E-state index contributed by atoms with van der Waals surface area (Å²) < 4.78 is 6.03. The van der Waals surface area contributed by atoms with E-state index in [-0.39, 0.29) is 18.1 Å². The SMILES string of the molecule is C[C@H]1[C@@H](OCc2ccccc2)[C@@H](C)C=CC[C@H]1O. The Bertz CT molecular complexity index is 385. The van der Waals surface area contributed by atoms with Crippen molar-refractivity contribution in [1.82, 2.24) is 0 Å². The zero-order valence-corrected chi connectivity index (χ0v) is 11.1. The Kier molecular flexibility index (Phi) is 4.56. The molecule has 1 aliphatic carbocycles. The van der Waals surface area contributed by atoms with Gasteiger partial charge in [-0.2, -0.15) is 0 Å². The lowest BCUT2D eigenvalue weighted by atomic mass is 9.91. The van der Waals surface area contributed by atoms with E-state index in [0.29, 0.717) is 12.5 Å². The molecule has 0 fully saturated rings. The normalized spacial score (nSPS) is 32.2. The Hall–Kier alpha value is -1.12.